The number of aryl methyl sites for hydroxylation is 1. The molecule has 6 aromatic rings. The van der Waals surface area contributed by atoms with Crippen LogP contribution in [-0.2, 0) is 12.8 Å². The van der Waals surface area contributed by atoms with E-state index < -0.39 is 17.7 Å². The van der Waals surface area contributed by atoms with Crippen molar-refractivity contribution in [2.75, 3.05) is 0 Å². The summed E-state index contributed by atoms with van der Waals surface area (Å²) in [5, 5.41) is 4.89. The van der Waals surface area contributed by atoms with Crippen molar-refractivity contribution in [3.63, 3.8) is 0 Å². The van der Waals surface area contributed by atoms with Gasteiger partial charge in [-0.25, -0.2) is 23.9 Å². The molecule has 0 amide bonds. The molecule has 13 heteroatoms. The molecule has 36 heavy (non-hydrogen) atoms. The number of nitrogens with zero attached hydrogens (tertiary/aromatic N) is 5. The topological polar surface area (TPSA) is 78.3 Å². The van der Waals surface area contributed by atoms with Gasteiger partial charge in [0.15, 0.2) is 11.4 Å². The maximum absolute atomic E-state index is 13.3. The molecule has 0 saturated carbocycles. The molecule has 0 radical (unpaired) electrons. The van der Waals surface area contributed by atoms with Gasteiger partial charge in [-0.1, -0.05) is 11.6 Å². The van der Waals surface area contributed by atoms with E-state index in [0.717, 1.165) is 17.4 Å². The van der Waals surface area contributed by atoms with Crippen LogP contribution >= 0.6 is 22.9 Å². The molecule has 0 fully saturated rings. The van der Waals surface area contributed by atoms with Gasteiger partial charge >= 0.3 is 6.18 Å². The monoisotopic (exact) mass is 533 g/mol. The van der Waals surface area contributed by atoms with Gasteiger partial charge in [-0.2, -0.15) is 13.2 Å². The van der Waals surface area contributed by atoms with Crippen molar-refractivity contribution in [2.45, 2.75) is 19.7 Å². The molecule has 5 heterocycles. The standard InChI is InChI=1S/C23H12ClF4N5O2S/c1-10-6-16(23(26,27)28)30-22-17(10)18-19(36-22)21-31-20(32-33(21)9-29-18)15-5-3-12(35-15)8-34-11-2-4-14(25)13(24)7-11/h2-7,9H,8H2,1H3. The fourth-order valence-corrected chi connectivity index (χ4v) is 5.11. The number of fused-ring (bicyclic) bond motifs is 5. The second-order valence-electron chi connectivity index (χ2n) is 7.86. The Hall–Kier alpha value is -3.77. The van der Waals surface area contributed by atoms with Crippen molar-refractivity contribution in [3.05, 3.63) is 70.6 Å². The van der Waals surface area contributed by atoms with E-state index in [1.807, 2.05) is 0 Å². The van der Waals surface area contributed by atoms with Crippen LogP contribution in [0.5, 0.6) is 5.75 Å². The van der Waals surface area contributed by atoms with Gasteiger partial charge in [0.1, 0.15) is 45.5 Å². The Balaban J connectivity index is 1.34. The number of aromatic nitrogens is 5. The predicted molar refractivity (Wildman–Crippen MR) is 125 cm³/mol. The first-order valence-corrected chi connectivity index (χ1v) is 11.6. The lowest BCUT2D eigenvalue weighted by Gasteiger charge is -2.06. The minimum absolute atomic E-state index is 0.0530. The molecule has 0 atom stereocenters. The molecule has 5 aromatic heterocycles. The third-order valence-corrected chi connectivity index (χ3v) is 6.77. The molecule has 0 saturated heterocycles. The number of pyridine rings is 1. The van der Waals surface area contributed by atoms with Gasteiger partial charge in [0.05, 0.1) is 10.5 Å². The lowest BCUT2D eigenvalue weighted by atomic mass is 10.1. The second-order valence-corrected chi connectivity index (χ2v) is 9.27. The predicted octanol–water partition coefficient (Wildman–Crippen LogP) is 6.85. The molecule has 0 aliphatic rings. The summed E-state index contributed by atoms with van der Waals surface area (Å²) in [5.41, 5.74) is 0.395. The van der Waals surface area contributed by atoms with E-state index >= 15 is 0 Å². The minimum atomic E-state index is -4.55. The number of ether oxygens (including phenoxy) is 1. The van der Waals surface area contributed by atoms with E-state index in [9.17, 15) is 17.6 Å². The highest BCUT2D eigenvalue weighted by Gasteiger charge is 2.33. The third kappa shape index (κ3) is 3.82. The summed E-state index contributed by atoms with van der Waals surface area (Å²) >= 11 is 6.84. The number of hydrogen-bond acceptors (Lipinski definition) is 7. The van der Waals surface area contributed by atoms with Gasteiger partial charge in [0.2, 0.25) is 5.82 Å². The van der Waals surface area contributed by atoms with Crippen LogP contribution in [0.2, 0.25) is 5.02 Å². The zero-order valence-electron chi connectivity index (χ0n) is 18.1. The number of thiophene rings is 1. The molecule has 0 spiro atoms. The lowest BCUT2D eigenvalue weighted by Crippen LogP contribution is -2.07. The number of halogens is 5. The lowest BCUT2D eigenvalue weighted by molar-refractivity contribution is -0.141. The highest BCUT2D eigenvalue weighted by Crippen LogP contribution is 2.38. The number of alkyl halides is 3. The Kier molecular flexibility index (Phi) is 5.12. The van der Waals surface area contributed by atoms with Crippen molar-refractivity contribution < 1.29 is 26.7 Å². The van der Waals surface area contributed by atoms with Gasteiger partial charge in [-0.15, -0.1) is 16.4 Å². The molecule has 7 nitrogen and oxygen atoms in total. The Morgan fingerprint density at radius 3 is 2.75 bits per heavy atom. The molecule has 0 aliphatic carbocycles. The first kappa shape index (κ1) is 22.7. The average Bonchev–Trinajstić information content (AvgIpc) is 3.55. The highest BCUT2D eigenvalue weighted by atomic mass is 35.5. The van der Waals surface area contributed by atoms with Gasteiger partial charge in [-0.3, -0.25) is 0 Å². The van der Waals surface area contributed by atoms with Crippen LogP contribution in [-0.4, -0.2) is 24.6 Å². The van der Waals surface area contributed by atoms with Crippen LogP contribution < -0.4 is 4.74 Å². The molecule has 6 rings (SSSR count). The van der Waals surface area contributed by atoms with Crippen molar-refractivity contribution in [3.8, 4) is 17.3 Å². The van der Waals surface area contributed by atoms with Crippen LogP contribution in [0.1, 0.15) is 17.0 Å². The Morgan fingerprint density at radius 2 is 1.97 bits per heavy atom. The van der Waals surface area contributed by atoms with E-state index in [0.29, 0.717) is 44.1 Å². The summed E-state index contributed by atoms with van der Waals surface area (Å²) in [4.78, 5) is 13.0. The molecule has 182 valence electrons. The average molecular weight is 534 g/mol. The Bertz CT molecular complexity index is 1790. The number of hydrogen-bond donors (Lipinski definition) is 0. The number of rotatable bonds is 4. The summed E-state index contributed by atoms with van der Waals surface area (Å²) in [5.74, 6) is 0.919. The first-order valence-electron chi connectivity index (χ1n) is 10.4. The van der Waals surface area contributed by atoms with E-state index in [1.54, 1.807) is 19.1 Å². The molecular weight excluding hydrogens is 522 g/mol. The van der Waals surface area contributed by atoms with E-state index in [2.05, 4.69) is 20.1 Å². The molecular formula is C23H12ClF4N5O2S. The van der Waals surface area contributed by atoms with Crippen molar-refractivity contribution in [1.29, 1.82) is 0 Å². The van der Waals surface area contributed by atoms with Gasteiger partial charge in [0.25, 0.3) is 0 Å². The van der Waals surface area contributed by atoms with E-state index in [4.69, 9.17) is 20.8 Å². The molecule has 1 aromatic carbocycles. The normalized spacial score (nSPS) is 12.3. The fraction of sp³-hybridized carbons (Fsp3) is 0.130. The summed E-state index contributed by atoms with van der Waals surface area (Å²) in [7, 11) is 0. The van der Waals surface area contributed by atoms with E-state index in [1.165, 1.54) is 29.0 Å². The largest absolute Gasteiger partial charge is 0.486 e. The Labute approximate surface area is 207 Å². The van der Waals surface area contributed by atoms with Crippen LogP contribution in [0.3, 0.4) is 0 Å². The van der Waals surface area contributed by atoms with Gasteiger partial charge < -0.3 is 9.15 Å². The van der Waals surface area contributed by atoms with Crippen LogP contribution in [0, 0.1) is 12.7 Å². The first-order chi connectivity index (χ1) is 17.2. The number of benzene rings is 1. The van der Waals surface area contributed by atoms with Crippen molar-refractivity contribution in [2.24, 2.45) is 0 Å². The smallest absolute Gasteiger partial charge is 0.433 e. The Morgan fingerprint density at radius 1 is 1.14 bits per heavy atom. The summed E-state index contributed by atoms with van der Waals surface area (Å²) in [6, 6.07) is 8.39. The van der Waals surface area contributed by atoms with Crippen LogP contribution in [0.4, 0.5) is 17.6 Å². The van der Waals surface area contributed by atoms with Crippen LogP contribution in [0.15, 0.2) is 47.1 Å². The highest BCUT2D eigenvalue weighted by molar-refractivity contribution is 7.26. The molecule has 0 N–H and O–H groups in total. The minimum Gasteiger partial charge on any atom is -0.486 e. The third-order valence-electron chi connectivity index (χ3n) is 5.41. The summed E-state index contributed by atoms with van der Waals surface area (Å²) < 4.78 is 66.4. The van der Waals surface area contributed by atoms with Gasteiger partial charge in [0, 0.05) is 11.5 Å². The molecule has 0 bridgehead atoms. The van der Waals surface area contributed by atoms with Crippen LogP contribution in [0.25, 0.3) is 37.7 Å². The maximum Gasteiger partial charge on any atom is 0.433 e. The fourth-order valence-electron chi connectivity index (χ4n) is 3.76. The van der Waals surface area contributed by atoms with Crippen molar-refractivity contribution >= 4 is 49.0 Å². The van der Waals surface area contributed by atoms with Gasteiger partial charge in [-0.05, 0) is 42.8 Å². The SMILES string of the molecule is Cc1cc(C(F)(F)F)nc2sc3c(ncn4nc(-c5ccc(COc6ccc(F)c(Cl)c6)o5)nc34)c12. The van der Waals surface area contributed by atoms with E-state index in [-0.39, 0.29) is 22.3 Å². The second kappa shape index (κ2) is 8.14. The maximum atomic E-state index is 13.3. The van der Waals surface area contributed by atoms with Crippen molar-refractivity contribution in [1.82, 2.24) is 24.6 Å². The molecule has 0 unspecified atom stereocenters. The summed E-state index contributed by atoms with van der Waals surface area (Å²) in [6.45, 7) is 1.66. The summed E-state index contributed by atoms with van der Waals surface area (Å²) in [6.07, 6.45) is -3.10. The zero-order chi connectivity index (χ0) is 25.2. The number of furan rings is 1. The zero-order valence-corrected chi connectivity index (χ0v) is 19.7. The molecule has 0 aliphatic heterocycles. The quantitative estimate of drug-likeness (QED) is 0.231.